The van der Waals surface area contributed by atoms with Crippen LogP contribution in [-0.2, 0) is 0 Å². The van der Waals surface area contributed by atoms with Gasteiger partial charge < -0.3 is 9.47 Å². The Bertz CT molecular complexity index is 527. The van der Waals surface area contributed by atoms with E-state index >= 15 is 0 Å². The third-order valence-corrected chi connectivity index (χ3v) is 2.45. The molecule has 0 saturated carbocycles. The van der Waals surface area contributed by atoms with Gasteiger partial charge in [-0.1, -0.05) is 0 Å². The predicted octanol–water partition coefficient (Wildman–Crippen LogP) is 4.08. The summed E-state index contributed by atoms with van der Waals surface area (Å²) >= 11 is 0. The molecule has 0 radical (unpaired) electrons. The number of carbonyl (C=O) groups is 1. The van der Waals surface area contributed by atoms with Crippen molar-refractivity contribution in [1.82, 2.24) is 0 Å². The van der Waals surface area contributed by atoms with Crippen LogP contribution in [0.15, 0.2) is 48.5 Å². The molecule has 2 aromatic rings. The van der Waals surface area contributed by atoms with Crippen LogP contribution in [0.3, 0.4) is 0 Å². The lowest BCUT2D eigenvalue weighted by Crippen LogP contribution is -2.05. The summed E-state index contributed by atoms with van der Waals surface area (Å²) in [5.41, 5.74) is 0.632. The minimum absolute atomic E-state index is 0.155. The minimum atomic E-state index is 0.155. The van der Waals surface area contributed by atoms with Crippen molar-refractivity contribution in [3.8, 4) is 17.2 Å². The van der Waals surface area contributed by atoms with Gasteiger partial charge in [0.1, 0.15) is 23.5 Å². The molecule has 0 amide bonds. The minimum Gasteiger partial charge on any atom is -0.491 e. The Morgan fingerprint density at radius 1 is 0.842 bits per heavy atom. The first kappa shape index (κ1) is 13.1. The van der Waals surface area contributed by atoms with Crippen LogP contribution in [-0.4, -0.2) is 12.4 Å². The van der Waals surface area contributed by atoms with Gasteiger partial charge in [0.2, 0.25) is 0 Å². The molecule has 19 heavy (non-hydrogen) atoms. The van der Waals surface area contributed by atoms with Crippen molar-refractivity contribution in [3.05, 3.63) is 54.1 Å². The molecule has 0 spiro atoms. The van der Waals surface area contributed by atoms with Crippen molar-refractivity contribution in [1.29, 1.82) is 0 Å². The molecule has 0 saturated heterocycles. The van der Waals surface area contributed by atoms with Crippen molar-refractivity contribution >= 4 is 6.29 Å². The predicted molar refractivity (Wildman–Crippen MR) is 74.1 cm³/mol. The van der Waals surface area contributed by atoms with Gasteiger partial charge in [0, 0.05) is 5.56 Å². The van der Waals surface area contributed by atoms with E-state index in [1.54, 1.807) is 24.3 Å². The van der Waals surface area contributed by atoms with E-state index in [9.17, 15) is 4.79 Å². The fourth-order valence-corrected chi connectivity index (χ4v) is 1.61. The maximum atomic E-state index is 10.5. The molecule has 3 heteroatoms. The van der Waals surface area contributed by atoms with Crippen molar-refractivity contribution in [2.45, 2.75) is 20.0 Å². The summed E-state index contributed by atoms with van der Waals surface area (Å²) in [5.74, 6) is 2.25. The Balaban J connectivity index is 2.04. The molecular formula is C16H16O3. The lowest BCUT2D eigenvalue weighted by Gasteiger charge is -2.10. The van der Waals surface area contributed by atoms with E-state index in [-0.39, 0.29) is 6.10 Å². The molecular weight excluding hydrogens is 240 g/mol. The zero-order valence-electron chi connectivity index (χ0n) is 11.0. The van der Waals surface area contributed by atoms with Crippen molar-refractivity contribution < 1.29 is 14.3 Å². The lowest BCUT2D eigenvalue weighted by atomic mass is 10.2. The van der Waals surface area contributed by atoms with Gasteiger partial charge in [0.25, 0.3) is 0 Å². The summed E-state index contributed by atoms with van der Waals surface area (Å²) in [6.45, 7) is 3.97. The highest BCUT2D eigenvalue weighted by Gasteiger charge is 2.00. The fraction of sp³-hybridized carbons (Fsp3) is 0.188. The van der Waals surface area contributed by atoms with Crippen LogP contribution < -0.4 is 9.47 Å². The van der Waals surface area contributed by atoms with Gasteiger partial charge in [-0.3, -0.25) is 4.79 Å². The average molecular weight is 256 g/mol. The van der Waals surface area contributed by atoms with Gasteiger partial charge in [-0.2, -0.15) is 0 Å². The van der Waals surface area contributed by atoms with Crippen molar-refractivity contribution in [2.24, 2.45) is 0 Å². The Morgan fingerprint density at radius 2 is 1.32 bits per heavy atom. The van der Waals surface area contributed by atoms with Gasteiger partial charge in [-0.15, -0.1) is 0 Å². The third-order valence-electron chi connectivity index (χ3n) is 2.45. The lowest BCUT2D eigenvalue weighted by molar-refractivity contribution is 0.112. The summed E-state index contributed by atoms with van der Waals surface area (Å²) in [6.07, 6.45) is 0.963. The van der Waals surface area contributed by atoms with E-state index < -0.39 is 0 Å². The maximum absolute atomic E-state index is 10.5. The monoisotopic (exact) mass is 256 g/mol. The molecule has 0 aliphatic heterocycles. The van der Waals surface area contributed by atoms with Gasteiger partial charge in [-0.25, -0.2) is 0 Å². The molecule has 0 unspecified atom stereocenters. The second kappa shape index (κ2) is 6.05. The Morgan fingerprint density at radius 3 is 1.79 bits per heavy atom. The van der Waals surface area contributed by atoms with Crippen LogP contribution in [0.1, 0.15) is 24.2 Å². The van der Waals surface area contributed by atoms with Gasteiger partial charge in [0.15, 0.2) is 0 Å². The quantitative estimate of drug-likeness (QED) is 0.756. The number of aldehydes is 1. The van der Waals surface area contributed by atoms with Crippen LogP contribution in [0.25, 0.3) is 0 Å². The average Bonchev–Trinajstić information content (AvgIpc) is 2.41. The molecule has 98 valence electrons. The highest BCUT2D eigenvalue weighted by Crippen LogP contribution is 2.24. The highest BCUT2D eigenvalue weighted by molar-refractivity contribution is 5.74. The summed E-state index contributed by atoms with van der Waals surface area (Å²) in [7, 11) is 0. The van der Waals surface area contributed by atoms with Crippen LogP contribution in [0, 0.1) is 0 Å². The smallest absolute Gasteiger partial charge is 0.150 e. The molecule has 3 nitrogen and oxygen atoms in total. The van der Waals surface area contributed by atoms with Crippen LogP contribution in [0.5, 0.6) is 17.2 Å². The Labute approximate surface area is 112 Å². The molecule has 0 atom stereocenters. The van der Waals surface area contributed by atoms with Crippen LogP contribution in [0.4, 0.5) is 0 Å². The van der Waals surface area contributed by atoms with E-state index in [0.29, 0.717) is 11.3 Å². The molecule has 0 aliphatic carbocycles. The molecule has 0 N–H and O–H groups in total. The summed E-state index contributed by atoms with van der Waals surface area (Å²) < 4.78 is 11.2. The van der Waals surface area contributed by atoms with Gasteiger partial charge in [0.05, 0.1) is 6.10 Å². The normalized spacial score (nSPS) is 10.3. The first-order valence-corrected chi connectivity index (χ1v) is 6.17. The number of benzene rings is 2. The molecule has 0 fully saturated rings. The van der Waals surface area contributed by atoms with Gasteiger partial charge in [-0.05, 0) is 62.4 Å². The third kappa shape index (κ3) is 3.85. The number of ether oxygens (including phenoxy) is 2. The van der Waals surface area contributed by atoms with E-state index in [4.69, 9.17) is 9.47 Å². The molecule has 0 aromatic heterocycles. The first-order valence-electron chi connectivity index (χ1n) is 6.17. The molecule has 0 heterocycles. The van der Waals surface area contributed by atoms with E-state index in [1.807, 2.05) is 38.1 Å². The number of rotatable bonds is 5. The Hall–Kier alpha value is -2.29. The topological polar surface area (TPSA) is 35.5 Å². The molecule has 0 bridgehead atoms. The zero-order chi connectivity index (χ0) is 13.7. The highest BCUT2D eigenvalue weighted by atomic mass is 16.5. The molecule has 2 aromatic carbocycles. The van der Waals surface area contributed by atoms with Gasteiger partial charge >= 0.3 is 0 Å². The second-order valence-corrected chi connectivity index (χ2v) is 4.43. The number of hydrogen-bond acceptors (Lipinski definition) is 3. The van der Waals surface area contributed by atoms with Crippen molar-refractivity contribution in [2.75, 3.05) is 0 Å². The van der Waals surface area contributed by atoms with E-state index in [0.717, 1.165) is 17.8 Å². The van der Waals surface area contributed by atoms with E-state index in [2.05, 4.69) is 0 Å². The zero-order valence-corrected chi connectivity index (χ0v) is 11.0. The van der Waals surface area contributed by atoms with Crippen LogP contribution >= 0.6 is 0 Å². The molecule has 2 rings (SSSR count). The standard InChI is InChI=1S/C16H16O3/c1-12(2)18-14-7-9-16(10-8-14)19-15-5-3-13(11-17)4-6-15/h3-12H,1-2H3. The summed E-state index contributed by atoms with van der Waals surface area (Å²) in [5, 5.41) is 0. The maximum Gasteiger partial charge on any atom is 0.150 e. The number of carbonyl (C=O) groups excluding carboxylic acids is 1. The first-order chi connectivity index (χ1) is 9.17. The molecule has 0 aliphatic rings. The summed E-state index contributed by atoms with van der Waals surface area (Å²) in [6, 6.07) is 14.4. The fourth-order valence-electron chi connectivity index (χ4n) is 1.61. The second-order valence-electron chi connectivity index (χ2n) is 4.43. The SMILES string of the molecule is CC(C)Oc1ccc(Oc2ccc(C=O)cc2)cc1. The van der Waals surface area contributed by atoms with Crippen molar-refractivity contribution in [3.63, 3.8) is 0 Å². The largest absolute Gasteiger partial charge is 0.491 e. The summed E-state index contributed by atoms with van der Waals surface area (Å²) in [4.78, 5) is 10.5. The Kier molecular flexibility index (Phi) is 4.18. The van der Waals surface area contributed by atoms with E-state index in [1.165, 1.54) is 0 Å². The van der Waals surface area contributed by atoms with Crippen LogP contribution in [0.2, 0.25) is 0 Å². The number of hydrogen-bond donors (Lipinski definition) is 0.